The van der Waals surface area contributed by atoms with E-state index in [9.17, 15) is 4.79 Å². The molecule has 0 radical (unpaired) electrons. The van der Waals surface area contributed by atoms with Gasteiger partial charge < -0.3 is 15.0 Å². The number of aromatic nitrogens is 2. The Kier molecular flexibility index (Phi) is 6.67. The number of nitrogens with one attached hydrogen (secondary N) is 1. The first-order chi connectivity index (χ1) is 15.1. The Morgan fingerprint density at radius 1 is 1.16 bits per heavy atom. The molecule has 0 bridgehead atoms. The smallest absolute Gasteiger partial charge is 0.258 e. The predicted molar refractivity (Wildman–Crippen MR) is 123 cm³/mol. The monoisotopic (exact) mass is 418 g/mol. The summed E-state index contributed by atoms with van der Waals surface area (Å²) in [5.41, 5.74) is 3.31. The molecule has 1 fully saturated rings. The van der Waals surface area contributed by atoms with Gasteiger partial charge in [-0.05, 0) is 76.1 Å². The molecule has 162 valence electrons. The molecular formula is C25H30N4O2. The van der Waals surface area contributed by atoms with E-state index >= 15 is 0 Å². The van der Waals surface area contributed by atoms with E-state index in [4.69, 9.17) is 4.74 Å². The molecule has 1 amide bonds. The van der Waals surface area contributed by atoms with Gasteiger partial charge in [0.2, 0.25) is 0 Å². The van der Waals surface area contributed by atoms with E-state index in [0.29, 0.717) is 18.2 Å². The first-order valence-electron chi connectivity index (χ1n) is 11.0. The third-order valence-electron chi connectivity index (χ3n) is 5.80. The molecule has 2 aromatic carbocycles. The molecule has 1 atom stereocenters. The van der Waals surface area contributed by atoms with Gasteiger partial charge in [0, 0.05) is 24.5 Å². The second kappa shape index (κ2) is 9.79. The van der Waals surface area contributed by atoms with Gasteiger partial charge in [0.15, 0.2) is 0 Å². The molecule has 6 heteroatoms. The molecule has 1 aliphatic rings. The molecular weight excluding hydrogens is 388 g/mol. The minimum absolute atomic E-state index is 0.178. The largest absolute Gasteiger partial charge is 0.494 e. The molecule has 1 aliphatic heterocycles. The van der Waals surface area contributed by atoms with Crippen LogP contribution in [0.4, 0.5) is 5.69 Å². The Morgan fingerprint density at radius 2 is 1.94 bits per heavy atom. The molecule has 0 aliphatic carbocycles. The molecule has 1 aromatic heterocycles. The van der Waals surface area contributed by atoms with Gasteiger partial charge in [-0.25, -0.2) is 4.68 Å². The number of rotatable bonds is 8. The van der Waals surface area contributed by atoms with Gasteiger partial charge in [-0.1, -0.05) is 17.7 Å². The van der Waals surface area contributed by atoms with Crippen LogP contribution in [0.1, 0.15) is 42.1 Å². The van der Waals surface area contributed by atoms with Crippen molar-refractivity contribution in [3.05, 3.63) is 72.1 Å². The van der Waals surface area contributed by atoms with Crippen LogP contribution in [0.5, 0.6) is 5.75 Å². The van der Waals surface area contributed by atoms with Crippen molar-refractivity contribution in [1.82, 2.24) is 14.7 Å². The highest BCUT2D eigenvalue weighted by molar-refractivity contribution is 6.03. The lowest BCUT2D eigenvalue weighted by Gasteiger charge is -2.20. The fourth-order valence-electron chi connectivity index (χ4n) is 3.90. The standard InChI is InChI=1S/C25H30N4O2/c1-19-6-8-22(9-7-19)27-25(30)21-17-26-29(18-21)23-10-12-24(13-11-23)31-16-4-15-28-14-3-5-20(28)2/h6-13,17-18,20H,3-5,14-16H2,1-2H3,(H,27,30). The van der Waals surface area contributed by atoms with Crippen molar-refractivity contribution in [2.75, 3.05) is 25.0 Å². The highest BCUT2D eigenvalue weighted by atomic mass is 16.5. The van der Waals surface area contributed by atoms with Gasteiger partial charge in [-0.15, -0.1) is 0 Å². The zero-order valence-corrected chi connectivity index (χ0v) is 18.3. The van der Waals surface area contributed by atoms with Gasteiger partial charge in [0.1, 0.15) is 5.75 Å². The van der Waals surface area contributed by atoms with Crippen molar-refractivity contribution >= 4 is 11.6 Å². The fraction of sp³-hybridized carbons (Fsp3) is 0.360. The average Bonchev–Trinajstić information content (AvgIpc) is 3.43. The Bertz CT molecular complexity index is 995. The molecule has 1 saturated heterocycles. The average molecular weight is 419 g/mol. The SMILES string of the molecule is Cc1ccc(NC(=O)c2cnn(-c3ccc(OCCCN4CCCC4C)cc3)c2)cc1. The summed E-state index contributed by atoms with van der Waals surface area (Å²) in [6.07, 6.45) is 6.96. The summed E-state index contributed by atoms with van der Waals surface area (Å²) in [5.74, 6) is 0.671. The normalized spacial score (nSPS) is 16.4. The lowest BCUT2D eigenvalue weighted by Crippen LogP contribution is -2.28. The summed E-state index contributed by atoms with van der Waals surface area (Å²) in [6, 6.07) is 16.2. The third-order valence-corrected chi connectivity index (χ3v) is 5.80. The van der Waals surface area contributed by atoms with E-state index in [2.05, 4.69) is 22.2 Å². The lowest BCUT2D eigenvalue weighted by atomic mass is 10.2. The van der Waals surface area contributed by atoms with Gasteiger partial charge in [-0.3, -0.25) is 4.79 Å². The Balaban J connectivity index is 1.28. The van der Waals surface area contributed by atoms with E-state index in [-0.39, 0.29) is 5.91 Å². The van der Waals surface area contributed by atoms with Gasteiger partial charge in [0.05, 0.1) is 24.1 Å². The summed E-state index contributed by atoms with van der Waals surface area (Å²) in [7, 11) is 0. The predicted octanol–water partition coefficient (Wildman–Crippen LogP) is 4.69. The number of likely N-dealkylation sites (tertiary alicyclic amines) is 1. The first kappa shape index (κ1) is 21.1. The minimum Gasteiger partial charge on any atom is -0.494 e. The van der Waals surface area contributed by atoms with Crippen LogP contribution >= 0.6 is 0 Å². The number of ether oxygens (including phenoxy) is 1. The zero-order valence-electron chi connectivity index (χ0n) is 18.3. The highest BCUT2D eigenvalue weighted by Crippen LogP contribution is 2.18. The number of aryl methyl sites for hydroxylation is 1. The van der Waals surface area contributed by atoms with Crippen LogP contribution in [0, 0.1) is 6.92 Å². The Morgan fingerprint density at radius 3 is 2.65 bits per heavy atom. The Hall–Kier alpha value is -3.12. The molecule has 6 nitrogen and oxygen atoms in total. The first-order valence-corrected chi connectivity index (χ1v) is 11.0. The molecule has 0 saturated carbocycles. The molecule has 0 spiro atoms. The number of anilines is 1. The van der Waals surface area contributed by atoms with Crippen LogP contribution < -0.4 is 10.1 Å². The molecule has 4 rings (SSSR count). The van der Waals surface area contributed by atoms with E-state index < -0.39 is 0 Å². The van der Waals surface area contributed by atoms with Gasteiger partial charge >= 0.3 is 0 Å². The van der Waals surface area contributed by atoms with Gasteiger partial charge in [0.25, 0.3) is 5.91 Å². The van der Waals surface area contributed by atoms with Crippen LogP contribution in [-0.4, -0.2) is 46.3 Å². The van der Waals surface area contributed by atoms with E-state index in [1.165, 1.54) is 19.4 Å². The summed E-state index contributed by atoms with van der Waals surface area (Å²) < 4.78 is 7.59. The fourth-order valence-corrected chi connectivity index (χ4v) is 3.90. The maximum absolute atomic E-state index is 12.5. The molecule has 2 heterocycles. The maximum Gasteiger partial charge on any atom is 0.258 e. The quantitative estimate of drug-likeness (QED) is 0.540. The van der Waals surface area contributed by atoms with Crippen LogP contribution in [0.2, 0.25) is 0 Å². The van der Waals surface area contributed by atoms with E-state index in [1.54, 1.807) is 17.1 Å². The van der Waals surface area contributed by atoms with Crippen LogP contribution in [-0.2, 0) is 0 Å². The van der Waals surface area contributed by atoms with Gasteiger partial charge in [-0.2, -0.15) is 5.10 Å². The molecule has 1 N–H and O–H groups in total. The van der Waals surface area contributed by atoms with Crippen molar-refractivity contribution in [2.45, 2.75) is 39.2 Å². The highest BCUT2D eigenvalue weighted by Gasteiger charge is 2.19. The number of carbonyl (C=O) groups excluding carboxylic acids is 1. The van der Waals surface area contributed by atoms with Crippen molar-refractivity contribution in [1.29, 1.82) is 0 Å². The number of nitrogens with zero attached hydrogens (tertiary/aromatic N) is 3. The van der Waals surface area contributed by atoms with Crippen molar-refractivity contribution in [3.8, 4) is 11.4 Å². The minimum atomic E-state index is -0.178. The number of hydrogen-bond donors (Lipinski definition) is 1. The van der Waals surface area contributed by atoms with Crippen molar-refractivity contribution < 1.29 is 9.53 Å². The third kappa shape index (κ3) is 5.52. The second-order valence-electron chi connectivity index (χ2n) is 8.22. The van der Waals surface area contributed by atoms with E-state index in [0.717, 1.165) is 35.7 Å². The number of amides is 1. The summed E-state index contributed by atoms with van der Waals surface area (Å²) in [5, 5.41) is 7.22. The van der Waals surface area contributed by atoms with Crippen LogP contribution in [0.25, 0.3) is 5.69 Å². The molecule has 31 heavy (non-hydrogen) atoms. The zero-order chi connectivity index (χ0) is 21.6. The van der Waals surface area contributed by atoms with Crippen LogP contribution in [0.3, 0.4) is 0 Å². The summed E-state index contributed by atoms with van der Waals surface area (Å²) >= 11 is 0. The molecule has 3 aromatic rings. The number of carbonyl (C=O) groups is 1. The molecule has 1 unspecified atom stereocenters. The van der Waals surface area contributed by atoms with E-state index in [1.807, 2.05) is 55.5 Å². The number of hydrogen-bond acceptors (Lipinski definition) is 4. The van der Waals surface area contributed by atoms with Crippen molar-refractivity contribution in [2.24, 2.45) is 0 Å². The van der Waals surface area contributed by atoms with Crippen LogP contribution in [0.15, 0.2) is 60.9 Å². The second-order valence-corrected chi connectivity index (χ2v) is 8.22. The lowest BCUT2D eigenvalue weighted by molar-refractivity contribution is 0.102. The van der Waals surface area contributed by atoms with Crippen molar-refractivity contribution in [3.63, 3.8) is 0 Å². The summed E-state index contributed by atoms with van der Waals surface area (Å²) in [4.78, 5) is 15.0. The number of benzene rings is 2. The topological polar surface area (TPSA) is 59.4 Å². The Labute approximate surface area is 183 Å². The summed E-state index contributed by atoms with van der Waals surface area (Å²) in [6.45, 7) is 7.35. The maximum atomic E-state index is 12.5.